The van der Waals surface area contributed by atoms with Crippen LogP contribution < -0.4 is 0 Å². The van der Waals surface area contributed by atoms with Crippen molar-refractivity contribution < 1.29 is 18.3 Å². The summed E-state index contributed by atoms with van der Waals surface area (Å²) >= 11 is 2.96. The van der Waals surface area contributed by atoms with Crippen LogP contribution in [0.5, 0.6) is 0 Å². The van der Waals surface area contributed by atoms with Crippen molar-refractivity contribution in [2.75, 3.05) is 0 Å². The Morgan fingerprint density at radius 2 is 1.71 bits per heavy atom. The van der Waals surface area contributed by atoms with Crippen LogP contribution in [0.3, 0.4) is 0 Å². The number of hydrogen-bond donors (Lipinski definition) is 1. The van der Waals surface area contributed by atoms with E-state index in [4.69, 9.17) is 0 Å². The minimum Gasteiger partial charge on any atom is -0.376 e. The Kier molecular flexibility index (Phi) is 2.92. The Labute approximate surface area is 87.7 Å². The third-order valence-electron chi connectivity index (χ3n) is 1.95. The highest BCUT2D eigenvalue weighted by Crippen LogP contribution is 2.41. The summed E-state index contributed by atoms with van der Waals surface area (Å²) in [6.07, 6.45) is -4.68. The first kappa shape index (κ1) is 11.5. The smallest absolute Gasteiger partial charge is 0.376 e. The summed E-state index contributed by atoms with van der Waals surface area (Å²) in [5, 5.41) is 9.35. The molecule has 0 saturated heterocycles. The van der Waals surface area contributed by atoms with Crippen LogP contribution in [0.4, 0.5) is 13.2 Å². The number of alkyl halides is 3. The zero-order valence-electron chi connectivity index (χ0n) is 7.27. The van der Waals surface area contributed by atoms with Gasteiger partial charge in [-0.05, 0) is 13.0 Å². The van der Waals surface area contributed by atoms with Gasteiger partial charge in [-0.25, -0.2) is 0 Å². The van der Waals surface area contributed by atoms with Crippen molar-refractivity contribution in [3.63, 3.8) is 0 Å². The molecule has 1 unspecified atom stereocenters. The first-order valence-corrected chi connectivity index (χ1v) is 4.60. The molecule has 1 aromatic carbocycles. The van der Waals surface area contributed by atoms with E-state index >= 15 is 0 Å². The number of benzene rings is 1. The fourth-order valence-electron chi connectivity index (χ4n) is 1.01. The highest BCUT2D eigenvalue weighted by atomic mass is 79.9. The van der Waals surface area contributed by atoms with Gasteiger partial charge < -0.3 is 5.11 Å². The second-order valence-electron chi connectivity index (χ2n) is 3.05. The lowest BCUT2D eigenvalue weighted by Gasteiger charge is -2.27. The van der Waals surface area contributed by atoms with Gasteiger partial charge in [0.15, 0.2) is 5.60 Å². The Morgan fingerprint density at radius 1 is 1.21 bits per heavy atom. The molecule has 1 rings (SSSR count). The predicted molar refractivity (Wildman–Crippen MR) is 49.8 cm³/mol. The fraction of sp³-hybridized carbons (Fsp3) is 0.333. The van der Waals surface area contributed by atoms with Gasteiger partial charge in [-0.1, -0.05) is 34.1 Å². The average molecular weight is 269 g/mol. The van der Waals surface area contributed by atoms with Crippen molar-refractivity contribution in [1.82, 2.24) is 0 Å². The second-order valence-corrected chi connectivity index (χ2v) is 3.90. The van der Waals surface area contributed by atoms with Crippen molar-refractivity contribution in [2.24, 2.45) is 0 Å². The maximum absolute atomic E-state index is 12.4. The molecule has 0 aromatic heterocycles. The average Bonchev–Trinajstić information content (AvgIpc) is 2.02. The molecule has 14 heavy (non-hydrogen) atoms. The van der Waals surface area contributed by atoms with Crippen molar-refractivity contribution >= 4 is 15.9 Å². The molecular formula is C9H8BrF3O. The standard InChI is InChI=1S/C9H8BrF3O/c1-8(14,9(11,12)13)6-4-2-3-5-7(6)10/h2-5,14H,1H3. The van der Waals surface area contributed by atoms with Gasteiger partial charge in [-0.15, -0.1) is 0 Å². The fourth-order valence-corrected chi connectivity index (χ4v) is 1.68. The third-order valence-corrected chi connectivity index (χ3v) is 2.64. The molecule has 0 spiro atoms. The van der Waals surface area contributed by atoms with E-state index in [1.54, 1.807) is 6.07 Å². The molecule has 0 radical (unpaired) electrons. The van der Waals surface area contributed by atoms with Crippen LogP contribution in [0, 0.1) is 0 Å². The van der Waals surface area contributed by atoms with Crippen LogP contribution in [-0.4, -0.2) is 11.3 Å². The van der Waals surface area contributed by atoms with Crippen LogP contribution in [-0.2, 0) is 5.60 Å². The summed E-state index contributed by atoms with van der Waals surface area (Å²) in [6.45, 7) is 0.729. The van der Waals surface area contributed by atoms with E-state index in [0.717, 1.165) is 6.92 Å². The van der Waals surface area contributed by atoms with Crippen LogP contribution in [0.15, 0.2) is 28.7 Å². The minimum atomic E-state index is -4.68. The van der Waals surface area contributed by atoms with Crippen LogP contribution in [0.25, 0.3) is 0 Å². The maximum Gasteiger partial charge on any atom is 0.421 e. The van der Waals surface area contributed by atoms with Gasteiger partial charge in [-0.2, -0.15) is 13.2 Å². The molecule has 0 aliphatic carbocycles. The molecule has 0 aliphatic rings. The lowest BCUT2D eigenvalue weighted by atomic mass is 9.96. The minimum absolute atomic E-state index is 0.187. The Hall–Kier alpha value is -0.550. The lowest BCUT2D eigenvalue weighted by molar-refractivity contribution is -0.259. The van der Waals surface area contributed by atoms with E-state index in [2.05, 4.69) is 15.9 Å². The summed E-state index contributed by atoms with van der Waals surface area (Å²) < 4.78 is 37.5. The summed E-state index contributed by atoms with van der Waals surface area (Å²) in [5.74, 6) is 0. The molecule has 0 heterocycles. The number of aliphatic hydroxyl groups is 1. The molecule has 5 heteroatoms. The SMILES string of the molecule is CC(O)(c1ccccc1Br)C(F)(F)F. The quantitative estimate of drug-likeness (QED) is 0.829. The summed E-state index contributed by atoms with van der Waals surface area (Å²) in [6, 6.07) is 5.72. The second kappa shape index (κ2) is 3.55. The molecule has 0 fully saturated rings. The Morgan fingerprint density at radius 3 is 2.14 bits per heavy atom. The van der Waals surface area contributed by atoms with Gasteiger partial charge in [0.25, 0.3) is 0 Å². The number of hydrogen-bond acceptors (Lipinski definition) is 1. The van der Waals surface area contributed by atoms with E-state index in [1.807, 2.05) is 0 Å². The summed E-state index contributed by atoms with van der Waals surface area (Å²) in [4.78, 5) is 0. The van der Waals surface area contributed by atoms with Crippen molar-refractivity contribution in [3.8, 4) is 0 Å². The maximum atomic E-state index is 12.4. The first-order valence-electron chi connectivity index (χ1n) is 3.81. The topological polar surface area (TPSA) is 20.2 Å². The highest BCUT2D eigenvalue weighted by molar-refractivity contribution is 9.10. The molecule has 0 saturated carbocycles. The van der Waals surface area contributed by atoms with Gasteiger partial charge in [-0.3, -0.25) is 0 Å². The van der Waals surface area contributed by atoms with E-state index in [-0.39, 0.29) is 10.0 Å². The van der Waals surface area contributed by atoms with Gasteiger partial charge in [0.2, 0.25) is 0 Å². The van der Waals surface area contributed by atoms with E-state index in [9.17, 15) is 18.3 Å². The van der Waals surface area contributed by atoms with Gasteiger partial charge in [0.05, 0.1) is 0 Å². The van der Waals surface area contributed by atoms with Crippen LogP contribution in [0.1, 0.15) is 12.5 Å². The Balaban J connectivity index is 3.23. The number of rotatable bonds is 1. The molecule has 1 aromatic rings. The largest absolute Gasteiger partial charge is 0.421 e. The van der Waals surface area contributed by atoms with E-state index < -0.39 is 11.8 Å². The van der Waals surface area contributed by atoms with Crippen LogP contribution >= 0.6 is 15.9 Å². The molecule has 0 bridgehead atoms. The molecule has 0 amide bonds. The Bertz CT molecular complexity index is 333. The first-order chi connectivity index (χ1) is 6.27. The zero-order chi connectivity index (χ0) is 11.0. The molecule has 1 atom stereocenters. The van der Waals surface area contributed by atoms with Crippen molar-refractivity contribution in [3.05, 3.63) is 34.3 Å². The van der Waals surface area contributed by atoms with Gasteiger partial charge in [0, 0.05) is 10.0 Å². The van der Waals surface area contributed by atoms with Crippen LogP contribution in [0.2, 0.25) is 0 Å². The molecule has 78 valence electrons. The van der Waals surface area contributed by atoms with Crippen molar-refractivity contribution in [1.29, 1.82) is 0 Å². The van der Waals surface area contributed by atoms with E-state index in [1.165, 1.54) is 18.2 Å². The highest BCUT2D eigenvalue weighted by Gasteiger charge is 2.51. The monoisotopic (exact) mass is 268 g/mol. The molecule has 1 nitrogen and oxygen atoms in total. The molecule has 0 aliphatic heterocycles. The normalized spacial score (nSPS) is 16.4. The van der Waals surface area contributed by atoms with Gasteiger partial charge >= 0.3 is 6.18 Å². The number of halogens is 4. The lowest BCUT2D eigenvalue weighted by Crippen LogP contribution is -2.39. The molecule has 1 N–H and O–H groups in total. The van der Waals surface area contributed by atoms with E-state index in [0.29, 0.717) is 0 Å². The molecular weight excluding hydrogens is 261 g/mol. The zero-order valence-corrected chi connectivity index (χ0v) is 8.85. The summed E-state index contributed by atoms with van der Waals surface area (Å²) in [5.41, 5.74) is -3.01. The van der Waals surface area contributed by atoms with Gasteiger partial charge in [0.1, 0.15) is 0 Å². The summed E-state index contributed by atoms with van der Waals surface area (Å²) in [7, 11) is 0. The third kappa shape index (κ3) is 1.93. The van der Waals surface area contributed by atoms with Crippen molar-refractivity contribution in [2.45, 2.75) is 18.7 Å². The predicted octanol–water partition coefficient (Wildman–Crippen LogP) is 3.22.